The molecule has 1 rings (SSSR count). The van der Waals surface area contributed by atoms with Gasteiger partial charge in [-0.2, -0.15) is 13.2 Å². The molecule has 16 heavy (non-hydrogen) atoms. The summed E-state index contributed by atoms with van der Waals surface area (Å²) in [4.78, 5) is 0. The molecule has 0 aromatic rings. The third kappa shape index (κ3) is 4.89. The maximum absolute atomic E-state index is 11.8. The molecule has 1 unspecified atom stereocenters. The Labute approximate surface area is 98.0 Å². The summed E-state index contributed by atoms with van der Waals surface area (Å²) in [5.41, 5.74) is -0.203. The molecule has 0 radical (unpaired) electrons. The predicted octanol–water partition coefficient (Wildman–Crippen LogP) is 2.99. The lowest BCUT2D eigenvalue weighted by atomic mass is 9.82. The first-order valence-corrected chi connectivity index (χ1v) is 5.79. The van der Waals surface area contributed by atoms with Crippen molar-refractivity contribution in [2.24, 2.45) is 5.41 Å². The number of rotatable bonds is 5. The molecule has 96 valence electrons. The Balaban J connectivity index is 2.23. The highest BCUT2D eigenvalue weighted by molar-refractivity contribution is 6.18. The quantitative estimate of drug-likeness (QED) is 0.559. The van der Waals surface area contributed by atoms with Crippen LogP contribution in [0.25, 0.3) is 0 Å². The molecule has 0 aromatic carbocycles. The minimum atomic E-state index is -4.25. The SMILES string of the molecule is FC(F)(F)COCCC1(CCl)CCCOC1. The molecule has 1 atom stereocenters. The fourth-order valence-corrected chi connectivity index (χ4v) is 2.10. The van der Waals surface area contributed by atoms with Gasteiger partial charge >= 0.3 is 6.18 Å². The molecular weight excluding hydrogens is 245 g/mol. The topological polar surface area (TPSA) is 18.5 Å². The summed E-state index contributed by atoms with van der Waals surface area (Å²) < 4.78 is 45.4. The van der Waals surface area contributed by atoms with E-state index in [2.05, 4.69) is 4.74 Å². The van der Waals surface area contributed by atoms with Crippen LogP contribution in [0.4, 0.5) is 13.2 Å². The summed E-state index contributed by atoms with van der Waals surface area (Å²) in [6, 6.07) is 0. The highest BCUT2D eigenvalue weighted by Crippen LogP contribution is 2.33. The predicted molar refractivity (Wildman–Crippen MR) is 54.7 cm³/mol. The first kappa shape index (κ1) is 14.1. The van der Waals surface area contributed by atoms with Gasteiger partial charge < -0.3 is 9.47 Å². The minimum absolute atomic E-state index is 0.0790. The summed E-state index contributed by atoms with van der Waals surface area (Å²) >= 11 is 5.85. The van der Waals surface area contributed by atoms with Crippen LogP contribution in [0.1, 0.15) is 19.3 Å². The molecule has 0 spiro atoms. The Morgan fingerprint density at radius 1 is 1.38 bits per heavy atom. The van der Waals surface area contributed by atoms with E-state index in [4.69, 9.17) is 16.3 Å². The number of alkyl halides is 4. The zero-order valence-electron chi connectivity index (χ0n) is 8.99. The van der Waals surface area contributed by atoms with Crippen LogP contribution in [-0.2, 0) is 9.47 Å². The van der Waals surface area contributed by atoms with E-state index < -0.39 is 12.8 Å². The van der Waals surface area contributed by atoms with Gasteiger partial charge in [-0.25, -0.2) is 0 Å². The molecule has 1 aliphatic rings. The Morgan fingerprint density at radius 3 is 2.62 bits per heavy atom. The van der Waals surface area contributed by atoms with E-state index in [9.17, 15) is 13.2 Å². The van der Waals surface area contributed by atoms with Crippen molar-refractivity contribution in [2.45, 2.75) is 25.4 Å². The lowest BCUT2D eigenvalue weighted by Crippen LogP contribution is -2.35. The Bertz CT molecular complexity index is 203. The molecule has 0 saturated carbocycles. The van der Waals surface area contributed by atoms with Gasteiger partial charge in [0, 0.05) is 24.5 Å². The molecule has 1 saturated heterocycles. The van der Waals surface area contributed by atoms with Crippen molar-refractivity contribution in [3.63, 3.8) is 0 Å². The van der Waals surface area contributed by atoms with Crippen molar-refractivity contribution in [3.8, 4) is 0 Å². The fourth-order valence-electron chi connectivity index (χ4n) is 1.76. The molecule has 0 aromatic heterocycles. The Kier molecular flexibility index (Phi) is 5.34. The van der Waals surface area contributed by atoms with Crippen LogP contribution in [0, 0.1) is 5.41 Å². The monoisotopic (exact) mass is 260 g/mol. The normalized spacial score (nSPS) is 27.0. The average molecular weight is 261 g/mol. The molecule has 0 amide bonds. The van der Waals surface area contributed by atoms with Gasteiger partial charge in [0.2, 0.25) is 0 Å². The molecule has 1 heterocycles. The third-order valence-corrected chi connectivity index (χ3v) is 3.30. The van der Waals surface area contributed by atoms with Crippen LogP contribution < -0.4 is 0 Å². The highest BCUT2D eigenvalue weighted by atomic mass is 35.5. The van der Waals surface area contributed by atoms with Crippen LogP contribution in [0.5, 0.6) is 0 Å². The van der Waals surface area contributed by atoms with E-state index in [1.165, 1.54) is 0 Å². The Morgan fingerprint density at radius 2 is 2.12 bits per heavy atom. The summed E-state index contributed by atoms with van der Waals surface area (Å²) in [5.74, 6) is 0.405. The molecule has 6 heteroatoms. The van der Waals surface area contributed by atoms with E-state index in [1.54, 1.807) is 0 Å². The lowest BCUT2D eigenvalue weighted by Gasteiger charge is -2.35. The molecule has 1 fully saturated rings. The van der Waals surface area contributed by atoms with Crippen molar-refractivity contribution >= 4 is 11.6 Å². The molecule has 0 N–H and O–H groups in total. The number of halogens is 4. The molecular formula is C10H16ClF3O2. The Hall–Kier alpha value is -0.0000000000000000208. The van der Waals surface area contributed by atoms with Gasteiger partial charge in [0.1, 0.15) is 6.61 Å². The van der Waals surface area contributed by atoms with Crippen molar-refractivity contribution in [1.82, 2.24) is 0 Å². The van der Waals surface area contributed by atoms with Gasteiger partial charge in [-0.05, 0) is 19.3 Å². The fraction of sp³-hybridized carbons (Fsp3) is 1.00. The minimum Gasteiger partial charge on any atom is -0.381 e. The summed E-state index contributed by atoms with van der Waals surface area (Å²) in [5, 5.41) is 0. The van der Waals surface area contributed by atoms with Crippen molar-refractivity contribution in [1.29, 1.82) is 0 Å². The summed E-state index contributed by atoms with van der Waals surface area (Å²) in [6.07, 6.45) is -1.93. The molecule has 0 bridgehead atoms. The van der Waals surface area contributed by atoms with Gasteiger partial charge in [-0.1, -0.05) is 0 Å². The van der Waals surface area contributed by atoms with Crippen LogP contribution in [0.15, 0.2) is 0 Å². The average Bonchev–Trinajstić information content (AvgIpc) is 2.25. The van der Waals surface area contributed by atoms with Gasteiger partial charge in [0.25, 0.3) is 0 Å². The van der Waals surface area contributed by atoms with Gasteiger partial charge in [-0.3, -0.25) is 0 Å². The summed E-state index contributed by atoms with van der Waals surface area (Å²) in [7, 11) is 0. The highest BCUT2D eigenvalue weighted by Gasteiger charge is 2.33. The number of hydrogen-bond acceptors (Lipinski definition) is 2. The maximum atomic E-state index is 11.8. The second kappa shape index (κ2) is 6.07. The van der Waals surface area contributed by atoms with Crippen molar-refractivity contribution < 1.29 is 22.6 Å². The molecule has 2 nitrogen and oxygen atoms in total. The zero-order chi connectivity index (χ0) is 12.1. The molecule has 0 aliphatic carbocycles. The molecule has 1 aliphatic heterocycles. The first-order valence-electron chi connectivity index (χ1n) is 5.26. The van der Waals surface area contributed by atoms with Crippen molar-refractivity contribution in [3.05, 3.63) is 0 Å². The van der Waals surface area contributed by atoms with E-state index in [0.717, 1.165) is 12.8 Å². The van der Waals surface area contributed by atoms with E-state index in [1.807, 2.05) is 0 Å². The van der Waals surface area contributed by atoms with Crippen LogP contribution >= 0.6 is 11.6 Å². The standard InChI is InChI=1S/C10H16ClF3O2/c11-6-9(2-1-4-15-7-9)3-5-16-8-10(12,13)14/h1-8H2. The van der Waals surface area contributed by atoms with Gasteiger partial charge in [0.15, 0.2) is 0 Å². The summed E-state index contributed by atoms with van der Waals surface area (Å²) in [6.45, 7) is 0.121. The van der Waals surface area contributed by atoms with E-state index in [0.29, 0.717) is 25.5 Å². The van der Waals surface area contributed by atoms with Crippen LogP contribution in [0.2, 0.25) is 0 Å². The van der Waals surface area contributed by atoms with E-state index in [-0.39, 0.29) is 12.0 Å². The van der Waals surface area contributed by atoms with Crippen molar-refractivity contribution in [2.75, 3.05) is 32.3 Å². The smallest absolute Gasteiger partial charge is 0.381 e. The first-order chi connectivity index (χ1) is 7.47. The number of ether oxygens (including phenoxy) is 2. The second-order valence-electron chi connectivity index (χ2n) is 4.21. The maximum Gasteiger partial charge on any atom is 0.411 e. The largest absolute Gasteiger partial charge is 0.411 e. The third-order valence-electron chi connectivity index (χ3n) is 2.73. The second-order valence-corrected chi connectivity index (χ2v) is 4.47. The lowest BCUT2D eigenvalue weighted by molar-refractivity contribution is -0.176. The van der Waals surface area contributed by atoms with Crippen LogP contribution in [-0.4, -0.2) is 38.5 Å². The van der Waals surface area contributed by atoms with Gasteiger partial charge in [0.05, 0.1) is 6.61 Å². The van der Waals surface area contributed by atoms with Crippen LogP contribution in [0.3, 0.4) is 0 Å². The zero-order valence-corrected chi connectivity index (χ0v) is 9.74. The van der Waals surface area contributed by atoms with Gasteiger partial charge in [-0.15, -0.1) is 11.6 Å². The van der Waals surface area contributed by atoms with E-state index >= 15 is 0 Å². The number of hydrogen-bond donors (Lipinski definition) is 0.